The number of nitrogens with two attached hydrogens (primary N) is 1. The van der Waals surface area contributed by atoms with Crippen LogP contribution >= 0.6 is 15.9 Å². The van der Waals surface area contributed by atoms with E-state index in [1.165, 1.54) is 0 Å². The Balaban J connectivity index is 2.31. The van der Waals surface area contributed by atoms with Crippen LogP contribution in [-0.2, 0) is 6.42 Å². The van der Waals surface area contributed by atoms with Crippen molar-refractivity contribution in [1.29, 1.82) is 0 Å². The minimum absolute atomic E-state index is 0.259. The standard InChI is InChI=1S/C11H12BrNO2/c1-2-8-7(5-6-14-8)11(13)9-3-4-10(12)15-9/h3-6,11H,2,13H2,1H3. The molecule has 2 N–H and O–H groups in total. The zero-order valence-corrected chi connectivity index (χ0v) is 9.95. The highest BCUT2D eigenvalue weighted by Crippen LogP contribution is 2.27. The first kappa shape index (κ1) is 10.5. The van der Waals surface area contributed by atoms with E-state index in [-0.39, 0.29) is 6.04 Å². The minimum Gasteiger partial charge on any atom is -0.469 e. The van der Waals surface area contributed by atoms with E-state index in [4.69, 9.17) is 14.6 Å². The second kappa shape index (κ2) is 4.24. The molecule has 0 aliphatic carbocycles. The summed E-state index contributed by atoms with van der Waals surface area (Å²) in [5.74, 6) is 1.65. The van der Waals surface area contributed by atoms with Crippen molar-refractivity contribution in [1.82, 2.24) is 0 Å². The highest BCUT2D eigenvalue weighted by atomic mass is 79.9. The van der Waals surface area contributed by atoms with Crippen LogP contribution in [0, 0.1) is 0 Å². The summed E-state index contributed by atoms with van der Waals surface area (Å²) in [7, 11) is 0. The van der Waals surface area contributed by atoms with Gasteiger partial charge in [0, 0.05) is 12.0 Å². The lowest BCUT2D eigenvalue weighted by Gasteiger charge is -2.07. The Morgan fingerprint density at radius 3 is 2.80 bits per heavy atom. The molecule has 3 nitrogen and oxygen atoms in total. The van der Waals surface area contributed by atoms with E-state index in [2.05, 4.69) is 15.9 Å². The summed E-state index contributed by atoms with van der Waals surface area (Å²) in [6.45, 7) is 2.03. The average Bonchev–Trinajstić information content (AvgIpc) is 2.84. The molecule has 0 saturated heterocycles. The van der Waals surface area contributed by atoms with Crippen LogP contribution in [0.2, 0.25) is 0 Å². The second-order valence-corrected chi connectivity index (χ2v) is 4.05. The Bertz CT molecular complexity index is 447. The van der Waals surface area contributed by atoms with Crippen LogP contribution in [0.25, 0.3) is 0 Å². The zero-order valence-electron chi connectivity index (χ0n) is 8.37. The van der Waals surface area contributed by atoms with Gasteiger partial charge in [-0.2, -0.15) is 0 Å². The van der Waals surface area contributed by atoms with E-state index in [9.17, 15) is 0 Å². The first-order valence-electron chi connectivity index (χ1n) is 4.79. The van der Waals surface area contributed by atoms with Crippen molar-refractivity contribution in [2.75, 3.05) is 0 Å². The van der Waals surface area contributed by atoms with Gasteiger partial charge in [-0.3, -0.25) is 0 Å². The molecule has 0 amide bonds. The molecule has 0 bridgehead atoms. The number of aryl methyl sites for hydroxylation is 1. The summed E-state index contributed by atoms with van der Waals surface area (Å²) >= 11 is 3.25. The molecular weight excluding hydrogens is 258 g/mol. The van der Waals surface area contributed by atoms with Gasteiger partial charge in [0.25, 0.3) is 0 Å². The fraction of sp³-hybridized carbons (Fsp3) is 0.273. The first-order chi connectivity index (χ1) is 7.22. The van der Waals surface area contributed by atoms with Gasteiger partial charge in [0.05, 0.1) is 12.3 Å². The molecule has 0 aliphatic rings. The lowest BCUT2D eigenvalue weighted by atomic mass is 10.1. The molecule has 2 rings (SSSR count). The van der Waals surface area contributed by atoms with Gasteiger partial charge in [-0.1, -0.05) is 6.92 Å². The van der Waals surface area contributed by atoms with Crippen molar-refractivity contribution < 1.29 is 8.83 Å². The SMILES string of the molecule is CCc1occc1C(N)c1ccc(Br)o1. The molecule has 4 heteroatoms. The molecule has 2 aromatic heterocycles. The smallest absolute Gasteiger partial charge is 0.169 e. The van der Waals surface area contributed by atoms with E-state index in [1.807, 2.05) is 25.1 Å². The molecule has 0 aromatic carbocycles. The monoisotopic (exact) mass is 269 g/mol. The lowest BCUT2D eigenvalue weighted by molar-refractivity contribution is 0.461. The van der Waals surface area contributed by atoms with Gasteiger partial charge in [0.15, 0.2) is 4.67 Å². The average molecular weight is 270 g/mol. The van der Waals surface area contributed by atoms with Crippen molar-refractivity contribution in [3.63, 3.8) is 0 Å². The molecule has 2 heterocycles. The maximum absolute atomic E-state index is 6.08. The Morgan fingerprint density at radius 2 is 2.20 bits per heavy atom. The summed E-state index contributed by atoms with van der Waals surface area (Å²) in [4.78, 5) is 0. The van der Waals surface area contributed by atoms with E-state index < -0.39 is 0 Å². The molecular formula is C11H12BrNO2. The van der Waals surface area contributed by atoms with Crippen molar-refractivity contribution in [2.24, 2.45) is 5.73 Å². The fourth-order valence-electron chi connectivity index (χ4n) is 1.56. The van der Waals surface area contributed by atoms with Crippen molar-refractivity contribution in [2.45, 2.75) is 19.4 Å². The zero-order chi connectivity index (χ0) is 10.8. The highest BCUT2D eigenvalue weighted by molar-refractivity contribution is 9.10. The van der Waals surface area contributed by atoms with Crippen LogP contribution in [0.5, 0.6) is 0 Å². The predicted molar refractivity (Wildman–Crippen MR) is 60.5 cm³/mol. The van der Waals surface area contributed by atoms with Gasteiger partial charge in [-0.25, -0.2) is 0 Å². The number of halogens is 1. The van der Waals surface area contributed by atoms with Crippen molar-refractivity contribution >= 4 is 15.9 Å². The summed E-state index contributed by atoms with van der Waals surface area (Å²) in [6.07, 6.45) is 2.49. The fourth-order valence-corrected chi connectivity index (χ4v) is 1.88. The molecule has 0 aliphatic heterocycles. The number of hydrogen-bond donors (Lipinski definition) is 1. The van der Waals surface area contributed by atoms with Gasteiger partial charge >= 0.3 is 0 Å². The van der Waals surface area contributed by atoms with Crippen molar-refractivity contribution in [3.8, 4) is 0 Å². The summed E-state index contributed by atoms with van der Waals surface area (Å²) in [6, 6.07) is 5.33. The predicted octanol–water partition coefficient (Wildman–Crippen LogP) is 3.25. The molecule has 80 valence electrons. The van der Waals surface area contributed by atoms with Gasteiger partial charge in [-0.15, -0.1) is 0 Å². The highest BCUT2D eigenvalue weighted by Gasteiger charge is 2.17. The number of furan rings is 2. The normalized spacial score (nSPS) is 13.0. The molecule has 0 spiro atoms. The third-order valence-corrected chi connectivity index (χ3v) is 2.76. The first-order valence-corrected chi connectivity index (χ1v) is 5.58. The third-order valence-electron chi connectivity index (χ3n) is 2.34. The quantitative estimate of drug-likeness (QED) is 0.931. The van der Waals surface area contributed by atoms with Gasteiger partial charge < -0.3 is 14.6 Å². The number of rotatable bonds is 3. The lowest BCUT2D eigenvalue weighted by Crippen LogP contribution is -2.11. The Kier molecular flexibility index (Phi) is 2.98. The second-order valence-electron chi connectivity index (χ2n) is 3.27. The van der Waals surface area contributed by atoms with Crippen LogP contribution in [0.3, 0.4) is 0 Å². The molecule has 2 aromatic rings. The Morgan fingerprint density at radius 1 is 1.40 bits per heavy atom. The topological polar surface area (TPSA) is 52.3 Å². The van der Waals surface area contributed by atoms with Gasteiger partial charge in [0.2, 0.25) is 0 Å². The van der Waals surface area contributed by atoms with Crippen LogP contribution in [0.4, 0.5) is 0 Å². The summed E-state index contributed by atoms with van der Waals surface area (Å²) in [5.41, 5.74) is 7.06. The molecule has 1 unspecified atom stereocenters. The third kappa shape index (κ3) is 2.01. The number of hydrogen-bond acceptors (Lipinski definition) is 3. The Labute approximate surface area is 96.4 Å². The van der Waals surface area contributed by atoms with Crippen LogP contribution in [0.1, 0.15) is 30.0 Å². The summed E-state index contributed by atoms with van der Waals surface area (Å²) in [5, 5.41) is 0. The molecule has 0 saturated carbocycles. The largest absolute Gasteiger partial charge is 0.469 e. The molecule has 15 heavy (non-hydrogen) atoms. The van der Waals surface area contributed by atoms with E-state index >= 15 is 0 Å². The van der Waals surface area contributed by atoms with Gasteiger partial charge in [-0.05, 0) is 34.1 Å². The van der Waals surface area contributed by atoms with Crippen LogP contribution in [0.15, 0.2) is 38.0 Å². The van der Waals surface area contributed by atoms with E-state index in [0.717, 1.165) is 23.5 Å². The Hall–Kier alpha value is -1.000. The molecule has 1 atom stereocenters. The van der Waals surface area contributed by atoms with Crippen LogP contribution < -0.4 is 5.73 Å². The maximum atomic E-state index is 6.08. The minimum atomic E-state index is -0.259. The van der Waals surface area contributed by atoms with Crippen molar-refractivity contribution in [3.05, 3.63) is 46.2 Å². The van der Waals surface area contributed by atoms with E-state index in [0.29, 0.717) is 4.67 Å². The van der Waals surface area contributed by atoms with E-state index in [1.54, 1.807) is 6.26 Å². The summed E-state index contributed by atoms with van der Waals surface area (Å²) < 4.78 is 11.4. The maximum Gasteiger partial charge on any atom is 0.169 e. The molecule has 0 radical (unpaired) electrons. The van der Waals surface area contributed by atoms with Gasteiger partial charge in [0.1, 0.15) is 11.5 Å². The molecule has 0 fully saturated rings. The van der Waals surface area contributed by atoms with Crippen LogP contribution in [-0.4, -0.2) is 0 Å².